The SMILES string of the molecule is CC.Cc1ncc2c(C)nn(C)c2c1F. The summed E-state index contributed by atoms with van der Waals surface area (Å²) in [5.74, 6) is -0.277. The van der Waals surface area contributed by atoms with Gasteiger partial charge in [0.25, 0.3) is 0 Å². The molecule has 0 unspecified atom stereocenters. The van der Waals surface area contributed by atoms with Crippen LogP contribution in [0.5, 0.6) is 0 Å². The summed E-state index contributed by atoms with van der Waals surface area (Å²) >= 11 is 0. The molecule has 0 N–H and O–H groups in total. The number of aromatic nitrogens is 3. The Hall–Kier alpha value is -1.45. The van der Waals surface area contributed by atoms with E-state index in [4.69, 9.17) is 0 Å². The Kier molecular flexibility index (Phi) is 3.39. The highest BCUT2D eigenvalue weighted by molar-refractivity contribution is 5.81. The Bertz CT molecular complexity index is 474. The normalized spacial score (nSPS) is 10.0. The van der Waals surface area contributed by atoms with E-state index in [1.54, 1.807) is 24.9 Å². The van der Waals surface area contributed by atoms with Gasteiger partial charge >= 0.3 is 0 Å². The minimum absolute atomic E-state index is 0.277. The molecule has 0 saturated carbocycles. The molecule has 0 radical (unpaired) electrons. The quantitative estimate of drug-likeness (QED) is 0.668. The fourth-order valence-corrected chi connectivity index (χ4v) is 1.48. The monoisotopic (exact) mass is 209 g/mol. The lowest BCUT2D eigenvalue weighted by Crippen LogP contribution is -1.95. The summed E-state index contributed by atoms with van der Waals surface area (Å²) in [5, 5.41) is 4.91. The first-order valence-corrected chi connectivity index (χ1v) is 5.05. The molecule has 0 spiro atoms. The van der Waals surface area contributed by atoms with Gasteiger partial charge in [-0.3, -0.25) is 9.67 Å². The van der Waals surface area contributed by atoms with E-state index in [-0.39, 0.29) is 5.82 Å². The number of fused-ring (bicyclic) bond motifs is 1. The average Bonchev–Trinajstić information content (AvgIpc) is 2.51. The van der Waals surface area contributed by atoms with Gasteiger partial charge in [0.05, 0.1) is 11.4 Å². The number of nitrogens with zero attached hydrogens (tertiary/aromatic N) is 3. The third kappa shape index (κ3) is 1.84. The van der Waals surface area contributed by atoms with Crippen LogP contribution in [0.15, 0.2) is 6.20 Å². The molecule has 0 aliphatic heterocycles. The van der Waals surface area contributed by atoms with E-state index in [2.05, 4.69) is 10.1 Å². The van der Waals surface area contributed by atoms with Crippen molar-refractivity contribution in [1.82, 2.24) is 14.8 Å². The van der Waals surface area contributed by atoms with Crippen molar-refractivity contribution in [2.75, 3.05) is 0 Å². The highest BCUT2D eigenvalue weighted by Crippen LogP contribution is 2.20. The number of rotatable bonds is 0. The summed E-state index contributed by atoms with van der Waals surface area (Å²) in [7, 11) is 1.73. The molecule has 0 aliphatic carbocycles. The van der Waals surface area contributed by atoms with Crippen molar-refractivity contribution >= 4 is 10.9 Å². The summed E-state index contributed by atoms with van der Waals surface area (Å²) in [5.41, 5.74) is 1.75. The van der Waals surface area contributed by atoms with Crippen LogP contribution in [0, 0.1) is 19.7 Å². The fraction of sp³-hybridized carbons (Fsp3) is 0.455. The molecule has 2 aromatic rings. The third-order valence-corrected chi connectivity index (χ3v) is 2.18. The number of aryl methyl sites for hydroxylation is 3. The Morgan fingerprint density at radius 2 is 1.80 bits per heavy atom. The van der Waals surface area contributed by atoms with Gasteiger partial charge in [0.1, 0.15) is 5.52 Å². The van der Waals surface area contributed by atoms with E-state index >= 15 is 0 Å². The van der Waals surface area contributed by atoms with E-state index < -0.39 is 0 Å². The van der Waals surface area contributed by atoms with Crippen LogP contribution in [0.3, 0.4) is 0 Å². The van der Waals surface area contributed by atoms with Gasteiger partial charge in [-0.1, -0.05) is 13.8 Å². The molecule has 3 nitrogen and oxygen atoms in total. The molecular formula is C11H16FN3. The molecule has 0 aromatic carbocycles. The van der Waals surface area contributed by atoms with Gasteiger partial charge in [-0.15, -0.1) is 0 Å². The maximum Gasteiger partial charge on any atom is 0.170 e. The lowest BCUT2D eigenvalue weighted by Gasteiger charge is -1.98. The van der Waals surface area contributed by atoms with E-state index in [9.17, 15) is 4.39 Å². The van der Waals surface area contributed by atoms with Crippen LogP contribution in [-0.4, -0.2) is 14.8 Å². The Balaban J connectivity index is 0.000000531. The van der Waals surface area contributed by atoms with Crippen LogP contribution < -0.4 is 0 Å². The first kappa shape index (κ1) is 11.6. The van der Waals surface area contributed by atoms with Gasteiger partial charge in [0.15, 0.2) is 5.82 Å². The molecule has 4 heteroatoms. The van der Waals surface area contributed by atoms with Crippen molar-refractivity contribution in [2.45, 2.75) is 27.7 Å². The maximum absolute atomic E-state index is 13.5. The first-order valence-electron chi connectivity index (χ1n) is 5.05. The number of hydrogen-bond donors (Lipinski definition) is 0. The minimum atomic E-state index is -0.277. The molecule has 0 aliphatic rings. The highest BCUT2D eigenvalue weighted by Gasteiger charge is 2.11. The van der Waals surface area contributed by atoms with Crippen molar-refractivity contribution in [3.63, 3.8) is 0 Å². The molecule has 0 saturated heterocycles. The van der Waals surface area contributed by atoms with E-state index in [1.807, 2.05) is 20.8 Å². The number of hydrogen-bond acceptors (Lipinski definition) is 2. The van der Waals surface area contributed by atoms with E-state index in [0.717, 1.165) is 11.1 Å². The van der Waals surface area contributed by atoms with Crippen molar-refractivity contribution in [3.8, 4) is 0 Å². The molecule has 0 atom stereocenters. The van der Waals surface area contributed by atoms with Crippen LogP contribution in [0.1, 0.15) is 25.2 Å². The van der Waals surface area contributed by atoms with Gasteiger partial charge in [-0.2, -0.15) is 5.10 Å². The molecule has 2 heterocycles. The molecule has 15 heavy (non-hydrogen) atoms. The van der Waals surface area contributed by atoms with Gasteiger partial charge < -0.3 is 0 Å². The molecule has 0 fully saturated rings. The Morgan fingerprint density at radius 3 is 2.40 bits per heavy atom. The van der Waals surface area contributed by atoms with Crippen molar-refractivity contribution in [1.29, 1.82) is 0 Å². The van der Waals surface area contributed by atoms with Crippen molar-refractivity contribution in [2.24, 2.45) is 7.05 Å². The smallest absolute Gasteiger partial charge is 0.170 e. The second-order valence-electron chi connectivity index (χ2n) is 3.13. The van der Waals surface area contributed by atoms with Gasteiger partial charge in [-0.25, -0.2) is 4.39 Å². The highest BCUT2D eigenvalue weighted by atomic mass is 19.1. The van der Waals surface area contributed by atoms with Crippen LogP contribution in [-0.2, 0) is 7.05 Å². The topological polar surface area (TPSA) is 30.7 Å². The predicted octanol–water partition coefficient (Wildman–Crippen LogP) is 2.75. The Morgan fingerprint density at radius 1 is 1.20 bits per heavy atom. The lowest BCUT2D eigenvalue weighted by molar-refractivity contribution is 0.609. The first-order chi connectivity index (χ1) is 7.11. The number of pyridine rings is 1. The van der Waals surface area contributed by atoms with Crippen LogP contribution in [0.25, 0.3) is 10.9 Å². The van der Waals surface area contributed by atoms with Gasteiger partial charge in [-0.05, 0) is 13.8 Å². The molecule has 2 aromatic heterocycles. The van der Waals surface area contributed by atoms with Gasteiger partial charge in [0, 0.05) is 18.6 Å². The minimum Gasteiger partial charge on any atom is -0.265 e. The summed E-state index contributed by atoms with van der Waals surface area (Å²) < 4.78 is 15.1. The second-order valence-corrected chi connectivity index (χ2v) is 3.13. The zero-order valence-corrected chi connectivity index (χ0v) is 9.80. The summed E-state index contributed by atoms with van der Waals surface area (Å²) in [6.45, 7) is 7.50. The third-order valence-electron chi connectivity index (χ3n) is 2.18. The van der Waals surface area contributed by atoms with E-state index in [1.165, 1.54) is 0 Å². The largest absolute Gasteiger partial charge is 0.265 e. The average molecular weight is 209 g/mol. The van der Waals surface area contributed by atoms with Crippen LogP contribution in [0.4, 0.5) is 4.39 Å². The van der Waals surface area contributed by atoms with Crippen LogP contribution in [0.2, 0.25) is 0 Å². The maximum atomic E-state index is 13.5. The van der Waals surface area contributed by atoms with Crippen LogP contribution >= 0.6 is 0 Å². The molecule has 82 valence electrons. The fourth-order valence-electron chi connectivity index (χ4n) is 1.48. The zero-order chi connectivity index (χ0) is 11.6. The number of halogens is 1. The summed E-state index contributed by atoms with van der Waals surface area (Å²) in [6, 6.07) is 0. The second kappa shape index (κ2) is 4.38. The van der Waals surface area contributed by atoms with E-state index in [0.29, 0.717) is 11.2 Å². The molecular weight excluding hydrogens is 193 g/mol. The molecule has 0 bridgehead atoms. The summed E-state index contributed by atoms with van der Waals surface area (Å²) in [4.78, 5) is 3.95. The summed E-state index contributed by atoms with van der Waals surface area (Å²) in [6.07, 6.45) is 1.66. The Labute approximate surface area is 88.9 Å². The lowest BCUT2D eigenvalue weighted by atomic mass is 10.2. The zero-order valence-electron chi connectivity index (χ0n) is 9.80. The van der Waals surface area contributed by atoms with Crippen molar-refractivity contribution in [3.05, 3.63) is 23.4 Å². The molecule has 2 rings (SSSR count). The standard InChI is InChI=1S/C9H10FN3.C2H6/c1-5-7-4-11-6(2)8(10)9(7)13(3)12-5;1-2/h4H,1-3H3;1-2H3. The predicted molar refractivity (Wildman–Crippen MR) is 59.3 cm³/mol. The van der Waals surface area contributed by atoms with Crippen molar-refractivity contribution < 1.29 is 4.39 Å². The van der Waals surface area contributed by atoms with Gasteiger partial charge in [0.2, 0.25) is 0 Å². The molecule has 0 amide bonds.